The Kier molecular flexibility index (Phi) is 9.14. The molecule has 194 valence electrons. The van der Waals surface area contributed by atoms with Gasteiger partial charge in [-0.25, -0.2) is 0 Å². The van der Waals surface area contributed by atoms with Crippen molar-refractivity contribution >= 4 is 81.6 Å². The van der Waals surface area contributed by atoms with Crippen molar-refractivity contribution in [3.05, 3.63) is 11.6 Å². The summed E-state index contributed by atoms with van der Waals surface area (Å²) in [6.45, 7) is 2.96. The first-order valence-corrected chi connectivity index (χ1v) is 16.2. The Morgan fingerprint density at radius 2 is 1.68 bits per heavy atom. The maximum atomic E-state index is 12.9. The number of carbonyl (C=O) groups is 1. The largest absolute Gasteiger partial charge is 0.384 e. The topological polar surface area (TPSA) is 26.3 Å². The molecule has 0 N–H and O–H groups in total. The number of thiol groups is 6. The summed E-state index contributed by atoms with van der Waals surface area (Å²) in [6, 6.07) is 0. The summed E-state index contributed by atoms with van der Waals surface area (Å²) >= 11 is 29.4. The first-order valence-electron chi connectivity index (χ1n) is 12.8. The van der Waals surface area contributed by atoms with E-state index in [0.717, 1.165) is 50.7 Å². The van der Waals surface area contributed by atoms with Crippen LogP contribution in [0.2, 0.25) is 0 Å². The normalized spacial score (nSPS) is 44.5. The average molecular weight is 579 g/mol. The number of Topliss-reactive ketones (excluding diaryl/α,β-unsaturated/α-hetero) is 1. The van der Waals surface area contributed by atoms with Crippen LogP contribution in [0, 0.1) is 39.9 Å². The number of rotatable bonds is 8. The van der Waals surface area contributed by atoms with Crippen LogP contribution in [0.5, 0.6) is 0 Å². The minimum Gasteiger partial charge on any atom is -0.384 e. The third-order valence-corrected chi connectivity index (χ3v) is 14.3. The van der Waals surface area contributed by atoms with Crippen molar-refractivity contribution in [1.29, 1.82) is 0 Å². The molecule has 0 radical (unpaired) electrons. The van der Waals surface area contributed by atoms with Crippen LogP contribution in [0.1, 0.15) is 51.9 Å². The van der Waals surface area contributed by atoms with E-state index in [9.17, 15) is 4.79 Å². The number of allylic oxidation sites excluding steroid dienone is 1. The minimum atomic E-state index is -0.198. The number of hydrogen-bond acceptors (Lipinski definition) is 8. The van der Waals surface area contributed by atoms with Gasteiger partial charge in [0.05, 0.1) is 6.61 Å². The predicted octanol–water partition coefficient (Wildman–Crippen LogP) is 6.04. The molecule has 4 aliphatic carbocycles. The van der Waals surface area contributed by atoms with Crippen LogP contribution in [0.25, 0.3) is 0 Å². The molecule has 4 rings (SSSR count). The van der Waals surface area contributed by atoms with Crippen molar-refractivity contribution in [3.63, 3.8) is 0 Å². The molecular formula is C26H42O2S6. The highest BCUT2D eigenvalue weighted by molar-refractivity contribution is 7.85. The Morgan fingerprint density at radius 3 is 2.26 bits per heavy atom. The molecule has 0 heterocycles. The maximum absolute atomic E-state index is 12.9. The second-order valence-corrected chi connectivity index (χ2v) is 14.6. The van der Waals surface area contributed by atoms with Crippen LogP contribution in [0.4, 0.5) is 0 Å². The molecular weight excluding hydrogens is 537 g/mol. The van der Waals surface area contributed by atoms with Gasteiger partial charge in [0.2, 0.25) is 0 Å². The highest BCUT2D eigenvalue weighted by Crippen LogP contribution is 2.68. The fourth-order valence-electron chi connectivity index (χ4n) is 8.74. The van der Waals surface area contributed by atoms with E-state index in [1.54, 1.807) is 0 Å². The molecule has 0 aromatic heterocycles. The van der Waals surface area contributed by atoms with E-state index in [4.69, 9.17) is 55.3 Å². The van der Waals surface area contributed by atoms with Gasteiger partial charge in [0.25, 0.3) is 0 Å². The molecule has 34 heavy (non-hydrogen) atoms. The summed E-state index contributed by atoms with van der Waals surface area (Å²) in [5, 5.41) is 0.308. The van der Waals surface area contributed by atoms with Gasteiger partial charge in [-0.2, -0.15) is 75.8 Å². The quantitative estimate of drug-likeness (QED) is 0.156. The van der Waals surface area contributed by atoms with Crippen molar-refractivity contribution < 1.29 is 9.53 Å². The number of ketones is 1. The minimum absolute atomic E-state index is 0.0720. The van der Waals surface area contributed by atoms with Crippen molar-refractivity contribution in [1.82, 2.24) is 0 Å². The van der Waals surface area contributed by atoms with E-state index in [1.165, 1.54) is 5.57 Å². The number of hydrogen-bond donors (Lipinski definition) is 6. The summed E-state index contributed by atoms with van der Waals surface area (Å²) < 4.78 is 6.08. The molecule has 0 saturated heterocycles. The zero-order chi connectivity index (χ0) is 24.9. The van der Waals surface area contributed by atoms with Crippen molar-refractivity contribution in [3.8, 4) is 0 Å². The summed E-state index contributed by atoms with van der Waals surface area (Å²) in [5.41, 5.74) is 1.12. The number of ether oxygens (including phenoxy) is 1. The zero-order valence-corrected chi connectivity index (χ0v) is 25.8. The molecule has 0 spiro atoms. The van der Waals surface area contributed by atoms with Gasteiger partial charge in [0.1, 0.15) is 5.78 Å². The number of fused-ring (bicyclic) bond motifs is 5. The Labute approximate surface area is 239 Å². The smallest absolute Gasteiger partial charge is 0.139 e. The van der Waals surface area contributed by atoms with E-state index < -0.39 is 0 Å². The molecule has 9 atom stereocenters. The Morgan fingerprint density at radius 1 is 1.00 bits per heavy atom. The molecule has 3 saturated carbocycles. The van der Waals surface area contributed by atoms with Gasteiger partial charge in [-0.1, -0.05) is 18.6 Å². The van der Waals surface area contributed by atoms with E-state index in [2.05, 4.69) is 38.3 Å². The first kappa shape index (κ1) is 28.5. The van der Waals surface area contributed by atoms with Crippen LogP contribution in [-0.2, 0) is 9.53 Å². The second-order valence-electron chi connectivity index (χ2n) is 11.5. The van der Waals surface area contributed by atoms with Crippen LogP contribution < -0.4 is 0 Å². The van der Waals surface area contributed by atoms with Crippen LogP contribution in [0.15, 0.2) is 11.6 Å². The van der Waals surface area contributed by atoms with Gasteiger partial charge in [-0.3, -0.25) is 4.79 Å². The van der Waals surface area contributed by atoms with Crippen molar-refractivity contribution in [2.75, 3.05) is 31.0 Å². The maximum Gasteiger partial charge on any atom is 0.139 e. The fourth-order valence-corrected chi connectivity index (χ4v) is 10.9. The molecule has 0 aromatic carbocycles. The average Bonchev–Trinajstić information content (AvgIpc) is 3.16. The van der Waals surface area contributed by atoms with Crippen molar-refractivity contribution in [2.24, 2.45) is 39.9 Å². The molecule has 8 heteroatoms. The van der Waals surface area contributed by atoms with Crippen LogP contribution >= 0.6 is 75.8 Å². The first-order chi connectivity index (χ1) is 16.2. The highest BCUT2D eigenvalue weighted by Gasteiger charge is 2.64. The van der Waals surface area contributed by atoms with Crippen molar-refractivity contribution in [2.45, 2.75) is 67.6 Å². The highest BCUT2D eigenvalue weighted by atomic mass is 32.1. The Balaban J connectivity index is 1.87. The van der Waals surface area contributed by atoms with Gasteiger partial charge in [-0.15, -0.1) is 0 Å². The number of methoxy groups -OCH3 is 1. The number of carbonyl (C=O) groups excluding carboxylic acids is 1. The molecule has 3 fully saturated rings. The molecule has 0 amide bonds. The SMILES string of the molecule is COC[C@@]12C(=CC(C(S)CS)(C(S)CS)CC1C(S)CS)CC[C@@H]1[C@H]2CC[C@]2(C)C(=O)CC[C@@H]12. The van der Waals surface area contributed by atoms with Gasteiger partial charge >= 0.3 is 0 Å². The van der Waals surface area contributed by atoms with Gasteiger partial charge in [-0.05, 0) is 62.2 Å². The molecule has 0 aliphatic heterocycles. The summed E-state index contributed by atoms with van der Waals surface area (Å²) in [7, 11) is 1.85. The lowest BCUT2D eigenvalue weighted by atomic mass is 9.42. The zero-order valence-electron chi connectivity index (χ0n) is 20.4. The lowest BCUT2D eigenvalue weighted by Crippen LogP contribution is -2.61. The standard InChI is InChI=1S/C26H42O2S6/c1-24-8-7-18-16(17(24)5-6-21(24)27)4-3-15-9-25(22(33)12-30,23(34)13-31)10-19(20(32)11-29)26(15,18)14-28-2/h9,16-20,22-23,29-34H,3-8,10-14H2,1-2H3/t16-,17-,18+,19?,20?,22?,23?,24-,25?,26-/m0/s1. The summed E-state index contributed by atoms with van der Waals surface area (Å²) in [6.07, 6.45) is 9.62. The van der Waals surface area contributed by atoms with E-state index in [-0.39, 0.29) is 32.0 Å². The molecule has 4 unspecified atom stereocenters. The van der Waals surface area contributed by atoms with E-state index in [0.29, 0.717) is 47.6 Å². The third kappa shape index (κ3) is 4.22. The van der Waals surface area contributed by atoms with Gasteiger partial charge < -0.3 is 4.74 Å². The van der Waals surface area contributed by atoms with Gasteiger partial charge in [0, 0.05) is 62.8 Å². The van der Waals surface area contributed by atoms with E-state index in [1.807, 2.05) is 7.11 Å². The molecule has 0 aromatic rings. The van der Waals surface area contributed by atoms with Crippen LogP contribution in [-0.4, -0.2) is 52.5 Å². The van der Waals surface area contributed by atoms with Crippen LogP contribution in [0.3, 0.4) is 0 Å². The fraction of sp³-hybridized carbons (Fsp3) is 0.885. The summed E-state index contributed by atoms with van der Waals surface area (Å²) in [4.78, 5) is 12.9. The molecule has 0 bridgehead atoms. The predicted molar refractivity (Wildman–Crippen MR) is 164 cm³/mol. The Bertz CT molecular complexity index is 794. The lowest BCUT2D eigenvalue weighted by molar-refractivity contribution is -0.137. The van der Waals surface area contributed by atoms with E-state index >= 15 is 0 Å². The summed E-state index contributed by atoms with van der Waals surface area (Å²) in [5.74, 6) is 4.48. The lowest BCUT2D eigenvalue weighted by Gasteiger charge is -2.64. The second kappa shape index (κ2) is 10.9. The van der Waals surface area contributed by atoms with Gasteiger partial charge in [0.15, 0.2) is 0 Å². The third-order valence-electron chi connectivity index (χ3n) is 10.5. The molecule has 2 nitrogen and oxygen atoms in total. The monoisotopic (exact) mass is 578 g/mol. The molecule has 4 aliphatic rings. The Hall–Kier alpha value is 1.47.